The highest BCUT2D eigenvalue weighted by Crippen LogP contribution is 2.22. The average molecular weight is 355 g/mol. The van der Waals surface area contributed by atoms with E-state index in [2.05, 4.69) is 10.1 Å². The first-order valence-corrected chi connectivity index (χ1v) is 8.52. The summed E-state index contributed by atoms with van der Waals surface area (Å²) in [6, 6.07) is 5.63. The van der Waals surface area contributed by atoms with Crippen LogP contribution in [0.2, 0.25) is 0 Å². The van der Waals surface area contributed by atoms with Gasteiger partial charge in [-0.2, -0.15) is 8.78 Å². The van der Waals surface area contributed by atoms with E-state index in [0.717, 1.165) is 38.5 Å². The van der Waals surface area contributed by atoms with Gasteiger partial charge < -0.3 is 14.8 Å². The minimum Gasteiger partial charge on any atom is -0.449 e. The molecule has 1 N–H and O–H groups in total. The molecule has 1 aromatic rings. The molecule has 138 valence electrons. The number of amides is 1. The van der Waals surface area contributed by atoms with Crippen molar-refractivity contribution in [1.82, 2.24) is 5.32 Å². The summed E-state index contributed by atoms with van der Waals surface area (Å²) in [6.45, 7) is -1.59. The summed E-state index contributed by atoms with van der Waals surface area (Å²) >= 11 is 0. The molecule has 1 aromatic carbocycles. The number of rotatable bonds is 6. The van der Waals surface area contributed by atoms with Crippen molar-refractivity contribution in [2.75, 3.05) is 0 Å². The van der Waals surface area contributed by atoms with Crippen LogP contribution in [0.5, 0.6) is 5.75 Å². The molecule has 0 aliphatic heterocycles. The number of esters is 1. The van der Waals surface area contributed by atoms with E-state index in [1.807, 2.05) is 0 Å². The highest BCUT2D eigenvalue weighted by Gasteiger charge is 2.24. The fourth-order valence-corrected chi connectivity index (χ4v) is 2.85. The lowest BCUT2D eigenvalue weighted by molar-refractivity contribution is -0.130. The molecular formula is C18H23F2NO4. The third-order valence-electron chi connectivity index (χ3n) is 4.18. The van der Waals surface area contributed by atoms with Gasteiger partial charge in [-0.05, 0) is 31.9 Å². The van der Waals surface area contributed by atoms with Crippen LogP contribution in [-0.4, -0.2) is 30.6 Å². The highest BCUT2D eigenvalue weighted by molar-refractivity contribution is 5.94. The first-order chi connectivity index (χ1) is 12.0. The van der Waals surface area contributed by atoms with E-state index >= 15 is 0 Å². The maximum absolute atomic E-state index is 12.4. The fraction of sp³-hybridized carbons (Fsp3) is 0.556. The van der Waals surface area contributed by atoms with Gasteiger partial charge in [-0.15, -0.1) is 0 Å². The molecule has 0 radical (unpaired) electrons. The number of carbonyl (C=O) groups is 2. The number of alkyl halides is 2. The average Bonchev–Trinajstić information content (AvgIpc) is 2.83. The highest BCUT2D eigenvalue weighted by atomic mass is 19.3. The maximum Gasteiger partial charge on any atom is 0.387 e. The quantitative estimate of drug-likeness (QED) is 0.625. The molecule has 0 unspecified atom stereocenters. The SMILES string of the molecule is C[C@H](OC(=O)c1ccccc1OC(F)F)C(=O)NC1CCCCCC1. The van der Waals surface area contributed by atoms with Crippen LogP contribution in [0.15, 0.2) is 24.3 Å². The first kappa shape index (κ1) is 19.1. The van der Waals surface area contributed by atoms with Gasteiger partial charge >= 0.3 is 12.6 Å². The zero-order valence-corrected chi connectivity index (χ0v) is 14.2. The van der Waals surface area contributed by atoms with Crippen LogP contribution < -0.4 is 10.1 Å². The van der Waals surface area contributed by atoms with E-state index in [1.54, 1.807) is 0 Å². The summed E-state index contributed by atoms with van der Waals surface area (Å²) in [5.74, 6) is -1.54. The Morgan fingerprint density at radius 3 is 2.40 bits per heavy atom. The largest absolute Gasteiger partial charge is 0.449 e. The lowest BCUT2D eigenvalue weighted by Crippen LogP contribution is -2.41. The Morgan fingerprint density at radius 1 is 1.12 bits per heavy atom. The molecule has 1 atom stereocenters. The third-order valence-corrected chi connectivity index (χ3v) is 4.18. The zero-order chi connectivity index (χ0) is 18.2. The Balaban J connectivity index is 1.94. The van der Waals surface area contributed by atoms with Crippen LogP contribution >= 0.6 is 0 Å². The Morgan fingerprint density at radius 2 is 1.76 bits per heavy atom. The Kier molecular flexibility index (Phi) is 7.16. The van der Waals surface area contributed by atoms with Crippen molar-refractivity contribution in [2.24, 2.45) is 0 Å². The lowest BCUT2D eigenvalue weighted by atomic mass is 10.1. The number of carbonyl (C=O) groups excluding carboxylic acids is 2. The van der Waals surface area contributed by atoms with E-state index in [4.69, 9.17) is 4.74 Å². The van der Waals surface area contributed by atoms with Crippen molar-refractivity contribution < 1.29 is 27.8 Å². The van der Waals surface area contributed by atoms with Gasteiger partial charge in [0.15, 0.2) is 6.10 Å². The summed E-state index contributed by atoms with van der Waals surface area (Å²) in [6.07, 6.45) is 5.27. The van der Waals surface area contributed by atoms with Crippen LogP contribution in [0, 0.1) is 0 Å². The van der Waals surface area contributed by atoms with Crippen LogP contribution in [0.4, 0.5) is 8.78 Å². The molecule has 1 saturated carbocycles. The normalized spacial score (nSPS) is 16.8. The number of para-hydroxylation sites is 1. The molecule has 1 aliphatic rings. The molecule has 0 spiro atoms. The van der Waals surface area contributed by atoms with E-state index in [9.17, 15) is 18.4 Å². The molecular weight excluding hydrogens is 332 g/mol. The van der Waals surface area contributed by atoms with Crippen LogP contribution in [-0.2, 0) is 9.53 Å². The van der Waals surface area contributed by atoms with Gasteiger partial charge in [-0.25, -0.2) is 4.79 Å². The third kappa shape index (κ3) is 5.99. The van der Waals surface area contributed by atoms with Crippen molar-refractivity contribution >= 4 is 11.9 Å². The molecule has 0 aromatic heterocycles. The van der Waals surface area contributed by atoms with E-state index in [1.165, 1.54) is 31.2 Å². The van der Waals surface area contributed by atoms with E-state index in [0.29, 0.717) is 0 Å². The van der Waals surface area contributed by atoms with Gasteiger partial charge in [-0.3, -0.25) is 4.79 Å². The van der Waals surface area contributed by atoms with E-state index in [-0.39, 0.29) is 23.3 Å². The predicted octanol–water partition coefficient (Wildman–Crippen LogP) is 3.67. The summed E-state index contributed by atoms with van der Waals surface area (Å²) < 4.78 is 34.2. The molecule has 0 saturated heterocycles. The number of hydrogen-bond donors (Lipinski definition) is 1. The molecule has 2 rings (SSSR count). The Labute approximate surface area is 145 Å². The topological polar surface area (TPSA) is 64.6 Å². The van der Waals surface area contributed by atoms with Gasteiger partial charge in [0.2, 0.25) is 0 Å². The number of halogens is 2. The van der Waals surface area contributed by atoms with Gasteiger partial charge in [0.1, 0.15) is 11.3 Å². The molecule has 0 heterocycles. The molecule has 25 heavy (non-hydrogen) atoms. The zero-order valence-electron chi connectivity index (χ0n) is 14.2. The Bertz CT molecular complexity index is 586. The Hall–Kier alpha value is -2.18. The number of hydrogen-bond acceptors (Lipinski definition) is 4. The van der Waals surface area contributed by atoms with Crippen molar-refractivity contribution in [3.63, 3.8) is 0 Å². The van der Waals surface area contributed by atoms with Crippen molar-refractivity contribution in [2.45, 2.75) is 64.2 Å². The van der Waals surface area contributed by atoms with Crippen LogP contribution in [0.3, 0.4) is 0 Å². The minimum atomic E-state index is -3.05. The summed E-state index contributed by atoms with van der Waals surface area (Å²) in [7, 11) is 0. The molecule has 1 fully saturated rings. The molecule has 1 amide bonds. The summed E-state index contributed by atoms with van der Waals surface area (Å²) in [5.41, 5.74) is -0.142. The molecule has 7 heteroatoms. The molecule has 1 aliphatic carbocycles. The lowest BCUT2D eigenvalue weighted by Gasteiger charge is -2.20. The first-order valence-electron chi connectivity index (χ1n) is 8.52. The number of benzene rings is 1. The van der Waals surface area contributed by atoms with Crippen molar-refractivity contribution in [3.8, 4) is 5.75 Å². The van der Waals surface area contributed by atoms with Gasteiger partial charge in [0.25, 0.3) is 5.91 Å². The summed E-state index contributed by atoms with van der Waals surface area (Å²) in [5, 5.41) is 2.89. The van der Waals surface area contributed by atoms with Gasteiger partial charge in [0.05, 0.1) is 0 Å². The monoisotopic (exact) mass is 355 g/mol. The smallest absolute Gasteiger partial charge is 0.387 e. The number of nitrogens with one attached hydrogen (secondary N) is 1. The molecule has 5 nitrogen and oxygen atoms in total. The number of ether oxygens (including phenoxy) is 2. The van der Waals surface area contributed by atoms with Crippen molar-refractivity contribution in [1.29, 1.82) is 0 Å². The standard InChI is InChI=1S/C18H23F2NO4/c1-12(16(22)21-13-8-4-2-3-5-9-13)24-17(23)14-10-6-7-11-15(14)25-18(19)20/h6-7,10-13,18H,2-5,8-9H2,1H3,(H,21,22)/t12-/m0/s1. The van der Waals surface area contributed by atoms with Gasteiger partial charge in [0, 0.05) is 6.04 Å². The molecule has 0 bridgehead atoms. The second kappa shape index (κ2) is 9.34. The van der Waals surface area contributed by atoms with Crippen LogP contribution in [0.25, 0.3) is 0 Å². The summed E-state index contributed by atoms with van der Waals surface area (Å²) in [4.78, 5) is 24.4. The second-order valence-corrected chi connectivity index (χ2v) is 6.12. The van der Waals surface area contributed by atoms with Crippen LogP contribution in [0.1, 0.15) is 55.8 Å². The maximum atomic E-state index is 12.4. The minimum absolute atomic E-state index is 0.0885. The van der Waals surface area contributed by atoms with Crippen molar-refractivity contribution in [3.05, 3.63) is 29.8 Å². The predicted molar refractivity (Wildman–Crippen MR) is 87.6 cm³/mol. The van der Waals surface area contributed by atoms with E-state index < -0.39 is 18.7 Å². The fourth-order valence-electron chi connectivity index (χ4n) is 2.85. The van der Waals surface area contributed by atoms with Gasteiger partial charge in [-0.1, -0.05) is 37.8 Å². The second-order valence-electron chi connectivity index (χ2n) is 6.12.